The molecule has 2 atom stereocenters. The molecule has 0 saturated carbocycles. The third-order valence-corrected chi connectivity index (χ3v) is 2.90. The van der Waals surface area contributed by atoms with Crippen LogP contribution in [0.3, 0.4) is 0 Å². The lowest BCUT2D eigenvalue weighted by Gasteiger charge is -2.16. The van der Waals surface area contributed by atoms with E-state index in [4.69, 9.17) is 15.2 Å². The van der Waals surface area contributed by atoms with Crippen LogP contribution in [-0.2, 0) is 22.4 Å². The molecule has 0 aromatic carbocycles. The van der Waals surface area contributed by atoms with Crippen molar-refractivity contribution < 1.29 is 9.47 Å². The molecule has 18 heavy (non-hydrogen) atoms. The predicted molar refractivity (Wildman–Crippen MR) is 69.2 cm³/mol. The second kappa shape index (κ2) is 7.45. The average Bonchev–Trinajstić information content (AvgIpc) is 2.72. The van der Waals surface area contributed by atoms with Crippen LogP contribution in [0.2, 0.25) is 0 Å². The number of rotatable bonds is 8. The van der Waals surface area contributed by atoms with Gasteiger partial charge in [0, 0.05) is 27.2 Å². The summed E-state index contributed by atoms with van der Waals surface area (Å²) in [7, 11) is 3.39. The Morgan fingerprint density at radius 3 is 2.61 bits per heavy atom. The van der Waals surface area contributed by atoms with Gasteiger partial charge in [0.25, 0.3) is 0 Å². The zero-order valence-electron chi connectivity index (χ0n) is 11.7. The second-order valence-electron chi connectivity index (χ2n) is 4.58. The van der Waals surface area contributed by atoms with Gasteiger partial charge >= 0.3 is 0 Å². The summed E-state index contributed by atoms with van der Waals surface area (Å²) >= 11 is 0. The maximum Gasteiger partial charge on any atom is 0.0978 e. The molecule has 1 heterocycles. The van der Waals surface area contributed by atoms with Gasteiger partial charge in [0.05, 0.1) is 24.1 Å². The summed E-state index contributed by atoms with van der Waals surface area (Å²) in [6.45, 7) is 6.16. The molecular weight excluding hydrogens is 232 g/mol. The molecule has 0 radical (unpaired) electrons. The van der Waals surface area contributed by atoms with Crippen LogP contribution in [-0.4, -0.2) is 42.4 Å². The first-order valence-electron chi connectivity index (χ1n) is 6.28. The molecule has 0 aliphatic rings. The largest absolute Gasteiger partial charge is 0.384 e. The van der Waals surface area contributed by atoms with Crippen molar-refractivity contribution in [3.63, 3.8) is 0 Å². The van der Waals surface area contributed by atoms with Crippen molar-refractivity contribution in [2.24, 2.45) is 11.7 Å². The molecule has 104 valence electrons. The number of nitrogens with two attached hydrogens (primary N) is 1. The van der Waals surface area contributed by atoms with Crippen LogP contribution in [0.5, 0.6) is 0 Å². The van der Waals surface area contributed by atoms with Crippen LogP contribution in [0, 0.1) is 5.92 Å². The number of hydrogen-bond acceptors (Lipinski definition) is 5. The molecule has 0 bridgehead atoms. The first-order valence-corrected chi connectivity index (χ1v) is 6.28. The third-order valence-electron chi connectivity index (χ3n) is 2.90. The molecule has 2 N–H and O–H groups in total. The molecule has 2 unspecified atom stereocenters. The SMILES string of the molecule is COCC(C)Cn1nnc(CCN)c1C(C)OC. The number of hydrogen-bond donors (Lipinski definition) is 1. The van der Waals surface area contributed by atoms with Crippen molar-refractivity contribution in [3.8, 4) is 0 Å². The first kappa shape index (κ1) is 15.1. The highest BCUT2D eigenvalue weighted by atomic mass is 16.5. The Morgan fingerprint density at radius 1 is 1.33 bits per heavy atom. The number of methoxy groups -OCH3 is 2. The fourth-order valence-corrected chi connectivity index (χ4v) is 1.99. The lowest BCUT2D eigenvalue weighted by molar-refractivity contribution is 0.106. The van der Waals surface area contributed by atoms with Crippen LogP contribution in [0.4, 0.5) is 0 Å². The molecule has 0 spiro atoms. The van der Waals surface area contributed by atoms with Gasteiger partial charge in [-0.2, -0.15) is 0 Å². The third kappa shape index (κ3) is 3.76. The van der Waals surface area contributed by atoms with Crippen molar-refractivity contribution >= 4 is 0 Å². The van der Waals surface area contributed by atoms with Gasteiger partial charge in [0.2, 0.25) is 0 Å². The van der Waals surface area contributed by atoms with E-state index in [1.807, 2.05) is 11.6 Å². The highest BCUT2D eigenvalue weighted by Crippen LogP contribution is 2.20. The molecule has 0 fully saturated rings. The van der Waals surface area contributed by atoms with Crippen LogP contribution < -0.4 is 5.73 Å². The molecule has 0 aliphatic heterocycles. The Hall–Kier alpha value is -0.980. The van der Waals surface area contributed by atoms with Gasteiger partial charge in [-0.1, -0.05) is 12.1 Å². The van der Waals surface area contributed by atoms with Crippen LogP contribution >= 0.6 is 0 Å². The van der Waals surface area contributed by atoms with Gasteiger partial charge in [-0.3, -0.25) is 0 Å². The lowest BCUT2D eigenvalue weighted by atomic mass is 10.1. The quantitative estimate of drug-likeness (QED) is 0.743. The minimum absolute atomic E-state index is 0.0312. The van der Waals surface area contributed by atoms with Gasteiger partial charge in [-0.15, -0.1) is 5.10 Å². The van der Waals surface area contributed by atoms with Crippen LogP contribution in [0.1, 0.15) is 31.3 Å². The molecule has 0 aliphatic carbocycles. The fraction of sp³-hybridized carbons (Fsp3) is 0.833. The number of aromatic nitrogens is 3. The molecule has 6 nitrogen and oxygen atoms in total. The molecule has 1 aromatic rings. The van der Waals surface area contributed by atoms with Crippen molar-refractivity contribution in [2.75, 3.05) is 27.4 Å². The Balaban J connectivity index is 2.89. The van der Waals surface area contributed by atoms with E-state index in [1.165, 1.54) is 0 Å². The Kier molecular flexibility index (Phi) is 6.24. The summed E-state index contributed by atoms with van der Waals surface area (Å²) in [4.78, 5) is 0. The lowest BCUT2D eigenvalue weighted by Crippen LogP contribution is -2.18. The summed E-state index contributed by atoms with van der Waals surface area (Å²) in [5.74, 6) is 0.380. The highest BCUT2D eigenvalue weighted by Gasteiger charge is 2.19. The maximum atomic E-state index is 5.59. The molecule has 6 heteroatoms. The first-order chi connectivity index (χ1) is 8.63. The Labute approximate surface area is 108 Å². The Morgan fingerprint density at radius 2 is 2.06 bits per heavy atom. The van der Waals surface area contributed by atoms with Crippen LogP contribution in [0.15, 0.2) is 0 Å². The van der Waals surface area contributed by atoms with Crippen molar-refractivity contribution in [3.05, 3.63) is 11.4 Å². The zero-order chi connectivity index (χ0) is 13.5. The van der Waals surface area contributed by atoms with E-state index >= 15 is 0 Å². The van der Waals surface area contributed by atoms with E-state index in [0.29, 0.717) is 19.1 Å². The smallest absolute Gasteiger partial charge is 0.0978 e. The molecular formula is C12H24N4O2. The van der Waals surface area contributed by atoms with Crippen LogP contribution in [0.25, 0.3) is 0 Å². The minimum atomic E-state index is -0.0312. The molecule has 0 amide bonds. The topological polar surface area (TPSA) is 75.2 Å². The number of ether oxygens (including phenoxy) is 2. The highest BCUT2D eigenvalue weighted by molar-refractivity contribution is 5.13. The van der Waals surface area contributed by atoms with Gasteiger partial charge < -0.3 is 15.2 Å². The van der Waals surface area contributed by atoms with E-state index < -0.39 is 0 Å². The van der Waals surface area contributed by atoms with E-state index in [2.05, 4.69) is 17.2 Å². The van der Waals surface area contributed by atoms with Gasteiger partial charge in [0.15, 0.2) is 0 Å². The average molecular weight is 256 g/mol. The predicted octanol–water partition coefficient (Wildman–Crippen LogP) is 0.769. The second-order valence-corrected chi connectivity index (χ2v) is 4.58. The van der Waals surface area contributed by atoms with Gasteiger partial charge in [-0.25, -0.2) is 4.68 Å². The van der Waals surface area contributed by atoms with Gasteiger partial charge in [-0.05, 0) is 19.4 Å². The van der Waals surface area contributed by atoms with E-state index in [0.717, 1.165) is 24.4 Å². The zero-order valence-corrected chi connectivity index (χ0v) is 11.7. The Bertz CT molecular complexity index is 354. The fourth-order valence-electron chi connectivity index (χ4n) is 1.99. The summed E-state index contributed by atoms with van der Waals surface area (Å²) in [5.41, 5.74) is 7.54. The van der Waals surface area contributed by atoms with E-state index in [1.54, 1.807) is 14.2 Å². The monoisotopic (exact) mass is 256 g/mol. The maximum absolute atomic E-state index is 5.59. The standard InChI is InChI=1S/C12H24N4O2/c1-9(8-17-3)7-16-12(10(2)18-4)11(5-6-13)14-15-16/h9-10H,5-8,13H2,1-4H3. The van der Waals surface area contributed by atoms with Crippen molar-refractivity contribution in [1.29, 1.82) is 0 Å². The molecule has 1 rings (SSSR count). The normalized spacial score (nSPS) is 14.7. The summed E-state index contributed by atoms with van der Waals surface area (Å²) in [6, 6.07) is 0. The van der Waals surface area contributed by atoms with E-state index in [9.17, 15) is 0 Å². The summed E-state index contributed by atoms with van der Waals surface area (Å²) < 4.78 is 12.4. The molecule has 0 saturated heterocycles. The number of nitrogens with zero attached hydrogens (tertiary/aromatic N) is 3. The van der Waals surface area contributed by atoms with Crippen molar-refractivity contribution in [2.45, 2.75) is 32.9 Å². The van der Waals surface area contributed by atoms with Gasteiger partial charge in [0.1, 0.15) is 0 Å². The summed E-state index contributed by atoms with van der Waals surface area (Å²) in [6.07, 6.45) is 0.693. The molecule has 1 aromatic heterocycles. The summed E-state index contributed by atoms with van der Waals surface area (Å²) in [5, 5.41) is 8.40. The minimum Gasteiger partial charge on any atom is -0.384 e. The van der Waals surface area contributed by atoms with E-state index in [-0.39, 0.29) is 6.10 Å². The van der Waals surface area contributed by atoms with Crippen molar-refractivity contribution in [1.82, 2.24) is 15.0 Å².